The minimum Gasteiger partial charge on any atom is -0.458 e. The molecule has 1 aromatic carbocycles. The van der Waals surface area contributed by atoms with Gasteiger partial charge in [0.25, 0.3) is 0 Å². The van der Waals surface area contributed by atoms with Crippen LogP contribution in [-0.4, -0.2) is 40.3 Å². The van der Waals surface area contributed by atoms with Crippen LogP contribution in [0, 0.1) is 18.2 Å². The second-order valence-electron chi connectivity index (χ2n) is 9.95. The van der Waals surface area contributed by atoms with E-state index < -0.39 is 35.7 Å². The Balaban J connectivity index is 1.62. The molecule has 1 saturated heterocycles. The molecule has 1 unspecified atom stereocenters. The van der Waals surface area contributed by atoms with Gasteiger partial charge in [-0.2, -0.15) is 4.89 Å². The maximum Gasteiger partial charge on any atom is 0.373 e. The summed E-state index contributed by atoms with van der Waals surface area (Å²) in [5.74, 6) is -1.34. The van der Waals surface area contributed by atoms with Gasteiger partial charge in [-0.1, -0.05) is 26.0 Å². The van der Waals surface area contributed by atoms with E-state index in [0.717, 1.165) is 16.7 Å². The van der Waals surface area contributed by atoms with Gasteiger partial charge in [-0.05, 0) is 71.4 Å². The number of aryl methyl sites for hydroxylation is 1. The van der Waals surface area contributed by atoms with Crippen molar-refractivity contribution in [3.63, 3.8) is 0 Å². The van der Waals surface area contributed by atoms with E-state index in [1.807, 2.05) is 19.9 Å². The summed E-state index contributed by atoms with van der Waals surface area (Å²) in [6, 6.07) is 8.02. The van der Waals surface area contributed by atoms with E-state index in [1.54, 1.807) is 37.3 Å². The van der Waals surface area contributed by atoms with E-state index >= 15 is 0 Å². The monoisotopic (exact) mass is 495 g/mol. The number of aromatic nitrogens is 1. The molecular weight excluding hydrogens is 465 g/mol. The molecule has 0 spiro atoms. The molecule has 0 amide bonds. The van der Waals surface area contributed by atoms with Crippen LogP contribution in [0.1, 0.15) is 61.0 Å². The number of ether oxygens (including phenoxy) is 1. The van der Waals surface area contributed by atoms with Crippen LogP contribution in [0.3, 0.4) is 0 Å². The highest BCUT2D eigenvalue weighted by atomic mass is 19.1. The number of aliphatic hydroxyl groups is 1. The number of nitrogens with zero attached hydrogens (tertiary/aromatic N) is 1. The van der Waals surface area contributed by atoms with Crippen LogP contribution in [-0.2, 0) is 19.3 Å². The molecule has 1 aliphatic heterocycles. The summed E-state index contributed by atoms with van der Waals surface area (Å²) in [7, 11) is 0. The van der Waals surface area contributed by atoms with Crippen molar-refractivity contribution >= 4 is 17.5 Å². The van der Waals surface area contributed by atoms with E-state index in [1.165, 1.54) is 18.5 Å². The predicted octanol–water partition coefficient (Wildman–Crippen LogP) is 4.88. The Kier molecular flexibility index (Phi) is 7.66. The van der Waals surface area contributed by atoms with E-state index in [4.69, 9.17) is 14.5 Å². The van der Waals surface area contributed by atoms with Crippen molar-refractivity contribution < 1.29 is 33.6 Å². The summed E-state index contributed by atoms with van der Waals surface area (Å²) >= 11 is 0. The predicted molar refractivity (Wildman–Crippen MR) is 130 cm³/mol. The third-order valence-electron chi connectivity index (χ3n) is 6.57. The number of halogens is 1. The molecular formula is C28H30FNO6. The zero-order chi connectivity index (χ0) is 25.9. The van der Waals surface area contributed by atoms with E-state index in [9.17, 15) is 19.1 Å². The van der Waals surface area contributed by atoms with Gasteiger partial charge in [-0.3, -0.25) is 14.7 Å². The Morgan fingerprint density at radius 1 is 1.22 bits per heavy atom. The SMILES string of the molecule is Cc1cc(C2=C(C=C[C@@H]3C[C@@H](O)CC(=O)O3)C(C)(C)CC(OOC(=O)c3ccncc3)C2)ccc1F. The van der Waals surface area contributed by atoms with Crippen molar-refractivity contribution in [3.05, 3.63) is 83.0 Å². The number of hydrogen-bond donors (Lipinski definition) is 1. The van der Waals surface area contributed by atoms with Crippen LogP contribution in [0.4, 0.5) is 4.39 Å². The normalized spacial score (nSPS) is 24.0. The number of hydrogen-bond acceptors (Lipinski definition) is 7. The lowest BCUT2D eigenvalue weighted by atomic mass is 9.69. The average Bonchev–Trinajstić information content (AvgIpc) is 2.82. The first-order valence-electron chi connectivity index (χ1n) is 12.0. The summed E-state index contributed by atoms with van der Waals surface area (Å²) in [4.78, 5) is 38.8. The van der Waals surface area contributed by atoms with Crippen LogP contribution < -0.4 is 0 Å². The van der Waals surface area contributed by atoms with Gasteiger partial charge in [-0.15, -0.1) is 0 Å². The standard InChI is InChI=1S/C28H30FNO6/c1-17-12-19(4-7-25(17)29)23-15-22(35-36-27(33)18-8-10-30-11-9-18)16-28(2,3)24(23)6-5-21-13-20(31)14-26(32)34-21/h4-12,20-22,31H,13-16H2,1-3H3/t20-,21-,22?/m1/s1. The number of aliphatic hydroxyl groups excluding tert-OH is 1. The summed E-state index contributed by atoms with van der Waals surface area (Å²) in [5, 5.41) is 9.95. The lowest BCUT2D eigenvalue weighted by Gasteiger charge is -2.38. The van der Waals surface area contributed by atoms with Crippen molar-refractivity contribution in [3.8, 4) is 0 Å². The largest absolute Gasteiger partial charge is 0.458 e. The molecule has 190 valence electrons. The Labute approximate surface area is 209 Å². The zero-order valence-electron chi connectivity index (χ0n) is 20.6. The second kappa shape index (κ2) is 10.7. The van der Waals surface area contributed by atoms with Crippen LogP contribution in [0.5, 0.6) is 0 Å². The molecule has 0 bridgehead atoms. The number of cyclic esters (lactones) is 1. The van der Waals surface area contributed by atoms with Crippen molar-refractivity contribution in [2.24, 2.45) is 5.41 Å². The van der Waals surface area contributed by atoms with Crippen molar-refractivity contribution in [2.45, 2.75) is 64.8 Å². The first-order chi connectivity index (χ1) is 17.1. The third kappa shape index (κ3) is 6.06. The van der Waals surface area contributed by atoms with Crippen LogP contribution >= 0.6 is 0 Å². The van der Waals surface area contributed by atoms with Crippen LogP contribution in [0.25, 0.3) is 5.57 Å². The van der Waals surface area contributed by atoms with Crippen molar-refractivity contribution in [1.82, 2.24) is 4.98 Å². The zero-order valence-corrected chi connectivity index (χ0v) is 20.6. The summed E-state index contributed by atoms with van der Waals surface area (Å²) < 4.78 is 19.4. The topological polar surface area (TPSA) is 95.0 Å². The molecule has 8 heteroatoms. The highest BCUT2D eigenvalue weighted by Gasteiger charge is 2.37. The summed E-state index contributed by atoms with van der Waals surface area (Å²) in [6.07, 6.45) is 6.31. The molecule has 4 rings (SSSR count). The van der Waals surface area contributed by atoms with Gasteiger partial charge in [0.15, 0.2) is 0 Å². The molecule has 1 aliphatic carbocycles. The molecule has 1 N–H and O–H groups in total. The van der Waals surface area contributed by atoms with Gasteiger partial charge in [0, 0.05) is 25.2 Å². The molecule has 2 aliphatic rings. The van der Waals surface area contributed by atoms with Crippen LogP contribution in [0.15, 0.2) is 60.5 Å². The second-order valence-corrected chi connectivity index (χ2v) is 9.95. The number of carbonyl (C=O) groups is 2. The van der Waals surface area contributed by atoms with Gasteiger partial charge in [0.2, 0.25) is 0 Å². The van der Waals surface area contributed by atoms with E-state index in [-0.39, 0.29) is 12.2 Å². The van der Waals surface area contributed by atoms with Crippen molar-refractivity contribution in [1.29, 1.82) is 0 Å². The Morgan fingerprint density at radius 3 is 2.67 bits per heavy atom. The smallest absolute Gasteiger partial charge is 0.373 e. The molecule has 2 heterocycles. The van der Waals surface area contributed by atoms with E-state index in [0.29, 0.717) is 30.4 Å². The molecule has 2 aromatic rings. The Hall–Kier alpha value is -3.36. The quantitative estimate of drug-likeness (QED) is 0.347. The van der Waals surface area contributed by atoms with E-state index in [2.05, 4.69) is 4.98 Å². The van der Waals surface area contributed by atoms with Crippen LogP contribution in [0.2, 0.25) is 0 Å². The fourth-order valence-corrected chi connectivity index (χ4v) is 4.78. The third-order valence-corrected chi connectivity index (χ3v) is 6.57. The van der Waals surface area contributed by atoms with Gasteiger partial charge < -0.3 is 9.84 Å². The molecule has 0 radical (unpaired) electrons. The minimum absolute atomic E-state index is 0.00410. The van der Waals surface area contributed by atoms with Gasteiger partial charge >= 0.3 is 11.9 Å². The molecule has 3 atom stereocenters. The number of benzene rings is 1. The van der Waals surface area contributed by atoms with Gasteiger partial charge in [-0.25, -0.2) is 9.18 Å². The Morgan fingerprint density at radius 2 is 1.97 bits per heavy atom. The maximum absolute atomic E-state index is 14.0. The number of allylic oxidation sites excluding steroid dienone is 2. The highest BCUT2D eigenvalue weighted by molar-refractivity contribution is 5.88. The molecule has 0 saturated carbocycles. The van der Waals surface area contributed by atoms with Gasteiger partial charge in [0.05, 0.1) is 18.1 Å². The molecule has 7 nitrogen and oxygen atoms in total. The van der Waals surface area contributed by atoms with Crippen molar-refractivity contribution in [2.75, 3.05) is 0 Å². The Bertz CT molecular complexity index is 1190. The highest BCUT2D eigenvalue weighted by Crippen LogP contribution is 2.46. The average molecular weight is 496 g/mol. The lowest BCUT2D eigenvalue weighted by molar-refractivity contribution is -0.278. The maximum atomic E-state index is 14.0. The fourth-order valence-electron chi connectivity index (χ4n) is 4.78. The number of pyridine rings is 1. The summed E-state index contributed by atoms with van der Waals surface area (Å²) in [5.41, 5.74) is 3.15. The number of rotatable bonds is 6. The fraction of sp³-hybridized carbons (Fsp3) is 0.393. The molecule has 36 heavy (non-hydrogen) atoms. The number of esters is 1. The first-order valence-corrected chi connectivity index (χ1v) is 12.0. The molecule has 1 aromatic heterocycles. The molecule has 1 fully saturated rings. The number of carbonyl (C=O) groups excluding carboxylic acids is 2. The van der Waals surface area contributed by atoms with Gasteiger partial charge in [0.1, 0.15) is 18.0 Å². The minimum atomic E-state index is -0.735. The summed E-state index contributed by atoms with van der Waals surface area (Å²) in [6.45, 7) is 5.80. The lowest BCUT2D eigenvalue weighted by Crippen LogP contribution is -2.32. The first kappa shape index (κ1) is 25.7.